The maximum absolute atomic E-state index is 10.6. The van der Waals surface area contributed by atoms with Crippen molar-refractivity contribution in [3.8, 4) is 5.75 Å². The lowest BCUT2D eigenvalue weighted by Crippen LogP contribution is -2.46. The Hall–Kier alpha value is -0.363. The van der Waals surface area contributed by atoms with Gasteiger partial charge in [0.1, 0.15) is 12.0 Å². The standard InChI is InChI=1S/C13H19IO2Si/c1-13(2,10-14)17(3,4)16-12-7-5-11(9-15)6-8-12/h5-9H,10H2,1-4H3. The van der Waals surface area contributed by atoms with Gasteiger partial charge in [0.05, 0.1) is 0 Å². The van der Waals surface area contributed by atoms with Crippen molar-refractivity contribution in [2.24, 2.45) is 0 Å². The first kappa shape index (κ1) is 14.7. The first-order valence-corrected chi connectivity index (χ1v) is 10.1. The van der Waals surface area contributed by atoms with E-state index in [9.17, 15) is 4.79 Å². The second-order valence-corrected chi connectivity index (χ2v) is 10.7. The van der Waals surface area contributed by atoms with Crippen LogP contribution in [0, 0.1) is 0 Å². The van der Waals surface area contributed by atoms with Gasteiger partial charge in [-0.3, -0.25) is 4.79 Å². The van der Waals surface area contributed by atoms with Gasteiger partial charge in [0.15, 0.2) is 0 Å². The molecule has 2 nitrogen and oxygen atoms in total. The van der Waals surface area contributed by atoms with Gasteiger partial charge in [0.25, 0.3) is 8.32 Å². The van der Waals surface area contributed by atoms with E-state index in [1.807, 2.05) is 12.1 Å². The van der Waals surface area contributed by atoms with Crippen LogP contribution < -0.4 is 4.43 Å². The van der Waals surface area contributed by atoms with Crippen molar-refractivity contribution < 1.29 is 9.22 Å². The van der Waals surface area contributed by atoms with E-state index in [4.69, 9.17) is 4.43 Å². The van der Waals surface area contributed by atoms with Crippen molar-refractivity contribution in [2.45, 2.75) is 32.0 Å². The lowest BCUT2D eigenvalue weighted by atomic mass is 10.2. The smallest absolute Gasteiger partial charge is 0.251 e. The van der Waals surface area contributed by atoms with E-state index in [0.29, 0.717) is 5.56 Å². The lowest BCUT2D eigenvalue weighted by molar-refractivity contribution is 0.112. The molecule has 0 unspecified atom stereocenters. The van der Waals surface area contributed by atoms with Gasteiger partial charge in [-0.25, -0.2) is 0 Å². The van der Waals surface area contributed by atoms with E-state index in [1.165, 1.54) is 0 Å². The number of carbonyl (C=O) groups excluding carboxylic acids is 1. The topological polar surface area (TPSA) is 26.3 Å². The number of carbonyl (C=O) groups is 1. The van der Waals surface area contributed by atoms with E-state index in [2.05, 4.69) is 49.5 Å². The van der Waals surface area contributed by atoms with Crippen molar-refractivity contribution in [1.82, 2.24) is 0 Å². The summed E-state index contributed by atoms with van der Waals surface area (Å²) in [4.78, 5) is 10.6. The molecule has 0 N–H and O–H groups in total. The highest BCUT2D eigenvalue weighted by Crippen LogP contribution is 2.39. The summed E-state index contributed by atoms with van der Waals surface area (Å²) in [6.07, 6.45) is 0.848. The maximum atomic E-state index is 10.6. The van der Waals surface area contributed by atoms with E-state index < -0.39 is 8.32 Å². The van der Waals surface area contributed by atoms with E-state index in [1.54, 1.807) is 12.1 Å². The third-order valence-corrected chi connectivity index (χ3v) is 10.2. The summed E-state index contributed by atoms with van der Waals surface area (Å²) in [6, 6.07) is 7.34. The Kier molecular flexibility index (Phi) is 4.77. The van der Waals surface area contributed by atoms with Gasteiger partial charge >= 0.3 is 0 Å². The highest BCUT2D eigenvalue weighted by Gasteiger charge is 2.41. The van der Waals surface area contributed by atoms with E-state index in [0.717, 1.165) is 16.5 Å². The molecular weight excluding hydrogens is 343 g/mol. The Bertz CT molecular complexity index is 385. The summed E-state index contributed by atoms with van der Waals surface area (Å²) < 4.78 is 7.25. The third kappa shape index (κ3) is 3.55. The zero-order chi connectivity index (χ0) is 13.1. The van der Waals surface area contributed by atoms with Crippen LogP contribution >= 0.6 is 22.6 Å². The second kappa shape index (κ2) is 5.52. The van der Waals surface area contributed by atoms with Crippen molar-refractivity contribution in [3.63, 3.8) is 0 Å². The van der Waals surface area contributed by atoms with Crippen molar-refractivity contribution in [3.05, 3.63) is 29.8 Å². The minimum atomic E-state index is -1.80. The normalized spacial score (nSPS) is 12.3. The molecule has 0 bridgehead atoms. The van der Waals surface area contributed by atoms with Gasteiger partial charge in [0, 0.05) is 15.0 Å². The molecule has 0 atom stereocenters. The second-order valence-electron chi connectivity index (χ2n) is 5.32. The summed E-state index contributed by atoms with van der Waals surface area (Å²) in [6.45, 7) is 8.98. The Morgan fingerprint density at radius 3 is 2.24 bits per heavy atom. The van der Waals surface area contributed by atoms with Crippen molar-refractivity contribution in [2.75, 3.05) is 4.43 Å². The minimum Gasteiger partial charge on any atom is -0.543 e. The van der Waals surface area contributed by atoms with Crippen LogP contribution in [-0.4, -0.2) is 19.0 Å². The van der Waals surface area contributed by atoms with Crippen molar-refractivity contribution in [1.29, 1.82) is 0 Å². The third-order valence-electron chi connectivity index (χ3n) is 3.35. The summed E-state index contributed by atoms with van der Waals surface area (Å²) in [5.41, 5.74) is 0.685. The molecule has 0 radical (unpaired) electrons. The first-order chi connectivity index (χ1) is 7.82. The highest BCUT2D eigenvalue weighted by atomic mass is 127. The number of rotatable bonds is 5. The van der Waals surface area contributed by atoms with Crippen LogP contribution in [0.5, 0.6) is 5.75 Å². The van der Waals surface area contributed by atoms with Crippen LogP contribution in [0.25, 0.3) is 0 Å². The molecule has 0 spiro atoms. The monoisotopic (exact) mass is 362 g/mol. The molecular formula is C13H19IO2Si. The summed E-state index contributed by atoms with van der Waals surface area (Å²) >= 11 is 2.42. The Morgan fingerprint density at radius 1 is 1.29 bits per heavy atom. The molecule has 1 rings (SSSR count). The van der Waals surface area contributed by atoms with Gasteiger partial charge in [0.2, 0.25) is 0 Å². The molecule has 0 aliphatic carbocycles. The Balaban J connectivity index is 2.86. The zero-order valence-corrected chi connectivity index (χ0v) is 13.9. The fourth-order valence-corrected chi connectivity index (χ4v) is 5.29. The molecule has 17 heavy (non-hydrogen) atoms. The molecule has 0 aliphatic heterocycles. The average Bonchev–Trinajstić information content (AvgIpc) is 2.29. The molecule has 0 amide bonds. The number of alkyl halides is 1. The van der Waals surface area contributed by atoms with Crippen LogP contribution in [0.15, 0.2) is 24.3 Å². The van der Waals surface area contributed by atoms with Crippen molar-refractivity contribution >= 4 is 37.2 Å². The van der Waals surface area contributed by atoms with Gasteiger partial charge in [-0.05, 0) is 37.4 Å². The van der Waals surface area contributed by atoms with Crippen LogP contribution in [0.3, 0.4) is 0 Å². The molecule has 0 saturated heterocycles. The molecule has 0 aliphatic rings. The number of benzene rings is 1. The molecule has 0 aromatic heterocycles. The van der Waals surface area contributed by atoms with Gasteiger partial charge < -0.3 is 4.43 Å². The van der Waals surface area contributed by atoms with Crippen LogP contribution in [0.4, 0.5) is 0 Å². The van der Waals surface area contributed by atoms with Crippen LogP contribution in [-0.2, 0) is 0 Å². The van der Waals surface area contributed by atoms with Crippen LogP contribution in [0.2, 0.25) is 18.1 Å². The number of halogens is 1. The molecule has 0 fully saturated rings. The number of aldehydes is 1. The fourth-order valence-electron chi connectivity index (χ4n) is 1.21. The van der Waals surface area contributed by atoms with Gasteiger partial charge in [-0.2, -0.15) is 0 Å². The molecule has 0 heterocycles. The average molecular weight is 362 g/mol. The van der Waals surface area contributed by atoms with Gasteiger partial charge in [-0.1, -0.05) is 36.4 Å². The maximum Gasteiger partial charge on any atom is 0.251 e. The quantitative estimate of drug-likeness (QED) is 0.338. The largest absolute Gasteiger partial charge is 0.543 e. The minimum absolute atomic E-state index is 0.219. The van der Waals surface area contributed by atoms with E-state index >= 15 is 0 Å². The first-order valence-electron chi connectivity index (χ1n) is 5.62. The number of hydrogen-bond donors (Lipinski definition) is 0. The Labute approximate surface area is 118 Å². The summed E-state index contributed by atoms with van der Waals surface area (Å²) in [5.74, 6) is 0.866. The zero-order valence-electron chi connectivity index (χ0n) is 10.8. The Morgan fingerprint density at radius 2 is 1.82 bits per heavy atom. The molecule has 94 valence electrons. The summed E-state index contributed by atoms with van der Waals surface area (Å²) in [7, 11) is -1.80. The predicted molar refractivity (Wildman–Crippen MR) is 82.9 cm³/mol. The number of hydrogen-bond acceptors (Lipinski definition) is 2. The molecule has 1 aromatic rings. The SMILES string of the molecule is CC(C)(CI)[Si](C)(C)Oc1ccc(C=O)cc1. The summed E-state index contributed by atoms with van der Waals surface area (Å²) in [5, 5.41) is 0.219. The highest BCUT2D eigenvalue weighted by molar-refractivity contribution is 14.1. The van der Waals surface area contributed by atoms with Crippen LogP contribution in [0.1, 0.15) is 24.2 Å². The van der Waals surface area contributed by atoms with E-state index in [-0.39, 0.29) is 5.04 Å². The molecule has 1 aromatic carbocycles. The lowest BCUT2D eigenvalue weighted by Gasteiger charge is -2.38. The van der Waals surface area contributed by atoms with Gasteiger partial charge in [-0.15, -0.1) is 0 Å². The predicted octanol–water partition coefficient (Wildman–Crippen LogP) is 4.30. The fraction of sp³-hybridized carbons (Fsp3) is 0.462. The molecule has 0 saturated carbocycles. The molecule has 4 heteroatoms.